The summed E-state index contributed by atoms with van der Waals surface area (Å²) in [5.41, 5.74) is 0. The van der Waals surface area contributed by atoms with E-state index in [0.29, 0.717) is 6.42 Å². The van der Waals surface area contributed by atoms with E-state index in [-0.39, 0.29) is 12.8 Å². The topological polar surface area (TPSA) is 35.5 Å². The summed E-state index contributed by atoms with van der Waals surface area (Å²) in [5.74, 6) is -0.264. The first kappa shape index (κ1) is 9.17. The van der Waals surface area contributed by atoms with Gasteiger partial charge in [0, 0.05) is 7.11 Å². The number of hydrogen-bond donors (Lipinski definition) is 0. The predicted molar refractivity (Wildman–Crippen MR) is 37.4 cm³/mol. The third-order valence-electron chi connectivity index (χ3n) is 0.858. The van der Waals surface area contributed by atoms with Crippen molar-refractivity contribution < 1.29 is 14.3 Å². The van der Waals surface area contributed by atoms with Crippen LogP contribution in [0, 0.1) is 0 Å². The molecule has 0 saturated heterocycles. The Labute approximate surface area is 60.6 Å². The van der Waals surface area contributed by atoms with Gasteiger partial charge in [0.1, 0.15) is 0 Å². The number of carbonyl (C=O) groups is 1. The van der Waals surface area contributed by atoms with E-state index in [2.05, 4.69) is 9.47 Å². The Bertz CT molecular complexity index is 118. The first-order chi connectivity index (χ1) is 4.81. The molecule has 0 unspecified atom stereocenters. The van der Waals surface area contributed by atoms with Crippen molar-refractivity contribution in [1.29, 1.82) is 0 Å². The van der Waals surface area contributed by atoms with Crippen molar-refractivity contribution in [3.63, 3.8) is 0 Å². The van der Waals surface area contributed by atoms with Crippen molar-refractivity contribution in [3.8, 4) is 0 Å². The van der Waals surface area contributed by atoms with E-state index >= 15 is 0 Å². The molecule has 0 aliphatic rings. The molecule has 0 heterocycles. The molecule has 0 aromatic carbocycles. The highest BCUT2D eigenvalue weighted by Crippen LogP contribution is 1.87. The first-order valence-electron chi connectivity index (χ1n) is 3.07. The van der Waals surface area contributed by atoms with Gasteiger partial charge in [0.2, 0.25) is 0 Å². The average molecular weight is 144 g/mol. The molecule has 0 rings (SSSR count). The van der Waals surface area contributed by atoms with E-state index in [1.807, 2.05) is 6.92 Å². The second-order valence-electron chi connectivity index (χ2n) is 1.70. The van der Waals surface area contributed by atoms with Crippen LogP contribution in [0.1, 0.15) is 13.3 Å². The van der Waals surface area contributed by atoms with Crippen LogP contribution >= 0.6 is 0 Å². The average Bonchev–Trinajstić information content (AvgIpc) is 1.97. The fourth-order valence-electron chi connectivity index (χ4n) is 0.398. The number of allylic oxidation sites excluding steroid dienone is 1. The fourth-order valence-corrected chi connectivity index (χ4v) is 0.398. The van der Waals surface area contributed by atoms with Crippen LogP contribution in [0.4, 0.5) is 0 Å². The molecule has 0 N–H and O–H groups in total. The predicted octanol–water partition coefficient (Wildman–Crippen LogP) is 1.10. The maximum absolute atomic E-state index is 10.6. The minimum Gasteiger partial charge on any atom is -0.438 e. The summed E-state index contributed by atoms with van der Waals surface area (Å²) in [7, 11) is 1.48. The molecule has 3 heteroatoms. The van der Waals surface area contributed by atoms with Crippen molar-refractivity contribution in [2.75, 3.05) is 13.9 Å². The van der Waals surface area contributed by atoms with Gasteiger partial charge in [0.25, 0.3) is 0 Å². The highest BCUT2D eigenvalue weighted by atomic mass is 16.7. The van der Waals surface area contributed by atoms with Gasteiger partial charge in [-0.3, -0.25) is 4.79 Å². The van der Waals surface area contributed by atoms with Gasteiger partial charge in [-0.15, -0.1) is 0 Å². The summed E-state index contributed by atoms with van der Waals surface area (Å²) in [4.78, 5) is 10.6. The van der Waals surface area contributed by atoms with E-state index in [4.69, 9.17) is 0 Å². The SMILES string of the molecule is C/C=C/CC(=O)OCOC. The van der Waals surface area contributed by atoms with Gasteiger partial charge >= 0.3 is 5.97 Å². The lowest BCUT2D eigenvalue weighted by atomic mass is 10.4. The molecule has 0 fully saturated rings. The molecule has 0 aliphatic carbocycles. The van der Waals surface area contributed by atoms with Gasteiger partial charge in [0.05, 0.1) is 6.42 Å². The standard InChI is InChI=1S/C7H12O3/c1-3-4-5-7(8)10-6-9-2/h3-4H,5-6H2,1-2H3/b4-3+. The molecule has 0 amide bonds. The van der Waals surface area contributed by atoms with E-state index < -0.39 is 0 Å². The van der Waals surface area contributed by atoms with E-state index in [0.717, 1.165) is 0 Å². The van der Waals surface area contributed by atoms with Gasteiger partial charge in [-0.1, -0.05) is 12.2 Å². The van der Waals surface area contributed by atoms with E-state index in [1.54, 1.807) is 12.2 Å². The monoisotopic (exact) mass is 144 g/mol. The van der Waals surface area contributed by atoms with Crippen molar-refractivity contribution in [1.82, 2.24) is 0 Å². The summed E-state index contributed by atoms with van der Waals surface area (Å²) in [6, 6.07) is 0. The molecule has 0 saturated carbocycles. The fraction of sp³-hybridized carbons (Fsp3) is 0.571. The lowest BCUT2D eigenvalue weighted by Gasteiger charge is -1.98. The normalized spacial score (nSPS) is 10.2. The zero-order chi connectivity index (χ0) is 7.82. The molecule has 0 bridgehead atoms. The van der Waals surface area contributed by atoms with Crippen molar-refractivity contribution in [2.45, 2.75) is 13.3 Å². The molecule has 0 radical (unpaired) electrons. The molecule has 0 aromatic rings. The molecule has 0 spiro atoms. The Morgan fingerprint density at radius 1 is 1.60 bits per heavy atom. The van der Waals surface area contributed by atoms with Crippen molar-refractivity contribution >= 4 is 5.97 Å². The van der Waals surface area contributed by atoms with Crippen molar-refractivity contribution in [3.05, 3.63) is 12.2 Å². The minimum atomic E-state index is -0.264. The van der Waals surface area contributed by atoms with Gasteiger partial charge in [0.15, 0.2) is 6.79 Å². The van der Waals surface area contributed by atoms with Crippen LogP contribution in [0.15, 0.2) is 12.2 Å². The number of hydrogen-bond acceptors (Lipinski definition) is 3. The van der Waals surface area contributed by atoms with Crippen LogP contribution < -0.4 is 0 Å². The minimum absolute atomic E-state index is 0.0381. The Kier molecular flexibility index (Phi) is 5.77. The van der Waals surface area contributed by atoms with E-state index in [1.165, 1.54) is 7.11 Å². The van der Waals surface area contributed by atoms with Gasteiger partial charge in [-0.2, -0.15) is 0 Å². The molecule has 0 aliphatic heterocycles. The lowest BCUT2D eigenvalue weighted by molar-refractivity contribution is -0.152. The highest BCUT2D eigenvalue weighted by molar-refractivity contribution is 5.70. The van der Waals surface area contributed by atoms with Crippen LogP contribution in [-0.2, 0) is 14.3 Å². The largest absolute Gasteiger partial charge is 0.438 e. The lowest BCUT2D eigenvalue weighted by Crippen LogP contribution is -2.05. The van der Waals surface area contributed by atoms with Gasteiger partial charge in [-0.25, -0.2) is 0 Å². The smallest absolute Gasteiger partial charge is 0.311 e. The molecule has 0 aromatic heterocycles. The zero-order valence-corrected chi connectivity index (χ0v) is 6.29. The summed E-state index contributed by atoms with van der Waals surface area (Å²) in [6.45, 7) is 1.89. The van der Waals surface area contributed by atoms with Crippen molar-refractivity contribution in [2.24, 2.45) is 0 Å². The van der Waals surface area contributed by atoms with E-state index in [9.17, 15) is 4.79 Å². The Morgan fingerprint density at radius 3 is 2.80 bits per heavy atom. The van der Waals surface area contributed by atoms with Crippen LogP contribution in [0.2, 0.25) is 0 Å². The number of esters is 1. The summed E-state index contributed by atoms with van der Waals surface area (Å²) in [5, 5.41) is 0. The highest BCUT2D eigenvalue weighted by Gasteiger charge is 1.96. The molecule has 3 nitrogen and oxygen atoms in total. The molecule has 0 atom stereocenters. The van der Waals surface area contributed by atoms with Crippen LogP contribution in [0.3, 0.4) is 0 Å². The third kappa shape index (κ3) is 5.31. The quantitative estimate of drug-likeness (QED) is 0.336. The summed E-state index contributed by atoms with van der Waals surface area (Å²) >= 11 is 0. The number of ether oxygens (including phenoxy) is 2. The molecule has 10 heavy (non-hydrogen) atoms. The van der Waals surface area contributed by atoms with Gasteiger partial charge < -0.3 is 9.47 Å². The summed E-state index contributed by atoms with van der Waals surface area (Å²) in [6.07, 6.45) is 3.85. The maximum Gasteiger partial charge on any atom is 0.311 e. The number of carbonyl (C=O) groups excluding carboxylic acids is 1. The Balaban J connectivity index is 3.25. The second kappa shape index (κ2) is 6.29. The second-order valence-corrected chi connectivity index (χ2v) is 1.70. The van der Waals surface area contributed by atoms with Gasteiger partial charge in [-0.05, 0) is 6.92 Å². The van der Waals surface area contributed by atoms with Crippen LogP contribution in [0.5, 0.6) is 0 Å². The molecular weight excluding hydrogens is 132 g/mol. The number of rotatable bonds is 4. The number of methoxy groups -OCH3 is 1. The summed E-state index contributed by atoms with van der Waals surface area (Å²) < 4.78 is 9.11. The van der Waals surface area contributed by atoms with Crippen LogP contribution in [-0.4, -0.2) is 19.9 Å². The Morgan fingerprint density at radius 2 is 2.30 bits per heavy atom. The first-order valence-corrected chi connectivity index (χ1v) is 3.07. The van der Waals surface area contributed by atoms with Crippen LogP contribution in [0.25, 0.3) is 0 Å². The molecule has 58 valence electrons. The third-order valence-corrected chi connectivity index (χ3v) is 0.858. The maximum atomic E-state index is 10.6. The molecular formula is C7H12O3. The zero-order valence-electron chi connectivity index (χ0n) is 6.29. The Hall–Kier alpha value is -0.830.